The van der Waals surface area contributed by atoms with Gasteiger partial charge in [-0.15, -0.1) is 0 Å². The van der Waals surface area contributed by atoms with E-state index in [1.165, 1.54) is 6.42 Å². The zero-order valence-corrected chi connectivity index (χ0v) is 9.62. The maximum Gasteiger partial charge on any atom is 0.164 e. The molecule has 2 aliphatic rings. The molecule has 0 aromatic heterocycles. The van der Waals surface area contributed by atoms with Crippen LogP contribution in [0, 0.1) is 5.92 Å². The molecule has 86 valence electrons. The van der Waals surface area contributed by atoms with Crippen molar-refractivity contribution < 1.29 is 14.3 Å². The van der Waals surface area contributed by atoms with E-state index in [0.717, 1.165) is 32.3 Å². The zero-order valence-electron chi connectivity index (χ0n) is 9.62. The lowest BCUT2D eigenvalue weighted by Gasteiger charge is -2.47. The van der Waals surface area contributed by atoms with Crippen LogP contribution >= 0.6 is 0 Å². The molecule has 0 amide bonds. The van der Waals surface area contributed by atoms with Crippen molar-refractivity contribution in [3.05, 3.63) is 0 Å². The Morgan fingerprint density at radius 3 is 2.80 bits per heavy atom. The van der Waals surface area contributed by atoms with E-state index in [1.807, 2.05) is 6.92 Å². The van der Waals surface area contributed by atoms with E-state index in [2.05, 4.69) is 0 Å². The second-order valence-electron chi connectivity index (χ2n) is 4.86. The normalized spacial score (nSPS) is 30.9. The van der Waals surface area contributed by atoms with E-state index in [4.69, 9.17) is 9.47 Å². The first kappa shape index (κ1) is 11.1. The Bertz CT molecular complexity index is 245. The fourth-order valence-electron chi connectivity index (χ4n) is 2.64. The fourth-order valence-corrected chi connectivity index (χ4v) is 2.64. The molecule has 2 fully saturated rings. The highest BCUT2D eigenvalue weighted by Gasteiger charge is 2.44. The molecule has 0 radical (unpaired) electrons. The predicted octanol–water partition coefficient (Wildman–Crippen LogP) is 1.94. The Morgan fingerprint density at radius 2 is 2.27 bits per heavy atom. The Labute approximate surface area is 91.1 Å². The highest BCUT2D eigenvalue weighted by molar-refractivity contribution is 5.85. The summed E-state index contributed by atoms with van der Waals surface area (Å²) in [4.78, 5) is 12.0. The van der Waals surface area contributed by atoms with Gasteiger partial charge in [0.05, 0.1) is 5.60 Å². The van der Waals surface area contributed by atoms with Crippen LogP contribution in [-0.2, 0) is 14.3 Å². The predicted molar refractivity (Wildman–Crippen MR) is 56.7 cm³/mol. The number of hydrogen-bond acceptors (Lipinski definition) is 3. The highest BCUT2D eigenvalue weighted by atomic mass is 16.5. The Kier molecular flexibility index (Phi) is 3.12. The molecular weight excluding hydrogens is 192 g/mol. The van der Waals surface area contributed by atoms with Crippen molar-refractivity contribution in [2.75, 3.05) is 13.7 Å². The second kappa shape index (κ2) is 4.22. The van der Waals surface area contributed by atoms with E-state index >= 15 is 0 Å². The first-order chi connectivity index (χ1) is 7.17. The van der Waals surface area contributed by atoms with Gasteiger partial charge in [0.15, 0.2) is 5.78 Å². The minimum Gasteiger partial charge on any atom is -0.375 e. The van der Waals surface area contributed by atoms with E-state index in [0.29, 0.717) is 0 Å². The van der Waals surface area contributed by atoms with Crippen LogP contribution in [0.5, 0.6) is 0 Å². The van der Waals surface area contributed by atoms with E-state index in [-0.39, 0.29) is 23.4 Å². The standard InChI is InChI=1S/C12H20O3/c1-9(14-2)11(13)10-4-7-15-12(8-10)5-3-6-12/h9-10H,3-8H2,1-2H3. The fraction of sp³-hybridized carbons (Fsp3) is 0.917. The molecule has 1 aliphatic carbocycles. The number of carbonyl (C=O) groups is 1. The maximum atomic E-state index is 12.0. The van der Waals surface area contributed by atoms with Gasteiger partial charge >= 0.3 is 0 Å². The molecule has 0 N–H and O–H groups in total. The van der Waals surface area contributed by atoms with Gasteiger partial charge in [0.1, 0.15) is 6.10 Å². The number of ether oxygens (including phenoxy) is 2. The van der Waals surface area contributed by atoms with Gasteiger partial charge < -0.3 is 9.47 Å². The number of rotatable bonds is 3. The maximum absolute atomic E-state index is 12.0. The van der Waals surface area contributed by atoms with E-state index < -0.39 is 0 Å². The third-order valence-corrected chi connectivity index (χ3v) is 3.91. The second-order valence-corrected chi connectivity index (χ2v) is 4.86. The van der Waals surface area contributed by atoms with Gasteiger partial charge in [-0.1, -0.05) is 0 Å². The van der Waals surface area contributed by atoms with Crippen molar-refractivity contribution in [2.24, 2.45) is 5.92 Å². The number of Topliss-reactive ketones (excluding diaryl/α,β-unsaturated/α-hetero) is 1. The van der Waals surface area contributed by atoms with Crippen molar-refractivity contribution in [1.29, 1.82) is 0 Å². The molecule has 0 aromatic carbocycles. The van der Waals surface area contributed by atoms with Crippen molar-refractivity contribution >= 4 is 5.78 Å². The van der Waals surface area contributed by atoms with E-state index in [9.17, 15) is 4.79 Å². The van der Waals surface area contributed by atoms with Crippen LogP contribution in [0.2, 0.25) is 0 Å². The van der Waals surface area contributed by atoms with Crippen molar-refractivity contribution in [2.45, 2.75) is 50.7 Å². The van der Waals surface area contributed by atoms with Crippen LogP contribution in [0.25, 0.3) is 0 Å². The molecule has 1 aliphatic heterocycles. The molecule has 3 heteroatoms. The van der Waals surface area contributed by atoms with Gasteiger partial charge in [0, 0.05) is 19.6 Å². The van der Waals surface area contributed by atoms with Crippen molar-refractivity contribution in [3.63, 3.8) is 0 Å². The SMILES string of the molecule is COC(C)C(=O)C1CCOC2(CCC2)C1. The molecule has 0 bridgehead atoms. The largest absolute Gasteiger partial charge is 0.375 e. The lowest BCUT2D eigenvalue weighted by atomic mass is 9.71. The summed E-state index contributed by atoms with van der Waals surface area (Å²) in [6.07, 6.45) is 5.05. The Hall–Kier alpha value is -0.410. The third-order valence-electron chi connectivity index (χ3n) is 3.91. The van der Waals surface area contributed by atoms with Crippen LogP contribution in [0.3, 0.4) is 0 Å². The summed E-state index contributed by atoms with van der Waals surface area (Å²) < 4.78 is 10.9. The minimum atomic E-state index is -0.259. The summed E-state index contributed by atoms with van der Waals surface area (Å²) in [5, 5.41) is 0. The number of hydrogen-bond donors (Lipinski definition) is 0. The van der Waals surface area contributed by atoms with Crippen LogP contribution < -0.4 is 0 Å². The smallest absolute Gasteiger partial charge is 0.164 e. The Morgan fingerprint density at radius 1 is 1.53 bits per heavy atom. The molecule has 2 rings (SSSR count). The van der Waals surface area contributed by atoms with Crippen LogP contribution in [0.15, 0.2) is 0 Å². The molecule has 0 aromatic rings. The molecule has 2 atom stereocenters. The van der Waals surface area contributed by atoms with Crippen LogP contribution in [-0.4, -0.2) is 31.2 Å². The molecule has 3 nitrogen and oxygen atoms in total. The lowest BCUT2D eigenvalue weighted by Crippen LogP contribution is -2.48. The van der Waals surface area contributed by atoms with Gasteiger partial charge in [0.25, 0.3) is 0 Å². The monoisotopic (exact) mass is 212 g/mol. The first-order valence-electron chi connectivity index (χ1n) is 5.87. The van der Waals surface area contributed by atoms with Gasteiger partial charge in [-0.25, -0.2) is 0 Å². The highest BCUT2D eigenvalue weighted by Crippen LogP contribution is 2.44. The van der Waals surface area contributed by atoms with Gasteiger partial charge in [-0.2, -0.15) is 0 Å². The molecule has 1 saturated carbocycles. The summed E-state index contributed by atoms with van der Waals surface area (Å²) in [6, 6.07) is 0. The third kappa shape index (κ3) is 2.08. The lowest BCUT2D eigenvalue weighted by molar-refractivity contribution is -0.160. The molecule has 1 spiro atoms. The minimum absolute atomic E-state index is 0.0615. The summed E-state index contributed by atoms with van der Waals surface area (Å²) in [6.45, 7) is 2.58. The number of ketones is 1. The van der Waals surface area contributed by atoms with Crippen molar-refractivity contribution in [1.82, 2.24) is 0 Å². The molecule has 2 unspecified atom stereocenters. The topological polar surface area (TPSA) is 35.5 Å². The molecule has 15 heavy (non-hydrogen) atoms. The van der Waals surface area contributed by atoms with Gasteiger partial charge in [-0.3, -0.25) is 4.79 Å². The summed E-state index contributed by atoms with van der Waals surface area (Å²) in [5.74, 6) is 0.418. The first-order valence-corrected chi connectivity index (χ1v) is 5.87. The average Bonchev–Trinajstić information content (AvgIpc) is 2.25. The summed E-state index contributed by atoms with van der Waals surface area (Å²) in [7, 11) is 1.60. The zero-order chi connectivity index (χ0) is 10.9. The summed E-state index contributed by atoms with van der Waals surface area (Å²) >= 11 is 0. The van der Waals surface area contributed by atoms with Crippen LogP contribution in [0.1, 0.15) is 39.0 Å². The quantitative estimate of drug-likeness (QED) is 0.717. The molecule has 1 heterocycles. The van der Waals surface area contributed by atoms with Crippen LogP contribution in [0.4, 0.5) is 0 Å². The van der Waals surface area contributed by atoms with Gasteiger partial charge in [0.2, 0.25) is 0 Å². The number of carbonyl (C=O) groups excluding carboxylic acids is 1. The van der Waals surface area contributed by atoms with Crippen molar-refractivity contribution in [3.8, 4) is 0 Å². The van der Waals surface area contributed by atoms with Gasteiger partial charge in [-0.05, 0) is 39.0 Å². The Balaban J connectivity index is 1.95. The van der Waals surface area contributed by atoms with E-state index in [1.54, 1.807) is 7.11 Å². The number of methoxy groups -OCH3 is 1. The summed E-state index contributed by atoms with van der Waals surface area (Å²) in [5.41, 5.74) is 0.0615. The molecule has 1 saturated heterocycles. The average molecular weight is 212 g/mol. The molecular formula is C12H20O3.